The largest absolute Gasteiger partial charge is 0.416 e. The fraction of sp³-hybridized carbons (Fsp3) is 0.421. The number of benzene rings is 1. The van der Waals surface area contributed by atoms with E-state index in [9.17, 15) is 18.0 Å². The lowest BCUT2D eigenvalue weighted by Crippen LogP contribution is -2.30. The monoisotopic (exact) mass is 337 g/mol. The van der Waals surface area contributed by atoms with Crippen LogP contribution in [-0.4, -0.2) is 23.9 Å². The first-order chi connectivity index (χ1) is 11.1. The lowest BCUT2D eigenvalue weighted by Gasteiger charge is -2.28. The second kappa shape index (κ2) is 6.83. The zero-order valence-corrected chi connectivity index (χ0v) is 13.9. The molecule has 2 nitrogen and oxygen atoms in total. The van der Waals surface area contributed by atoms with Gasteiger partial charge in [0.05, 0.1) is 5.56 Å². The Morgan fingerprint density at radius 1 is 1.25 bits per heavy atom. The van der Waals surface area contributed by atoms with E-state index in [-0.39, 0.29) is 11.3 Å². The molecule has 0 unspecified atom stereocenters. The number of alkyl halides is 3. The highest BCUT2D eigenvalue weighted by Gasteiger charge is 2.34. The number of likely N-dealkylation sites (tertiary alicyclic amines) is 1. The third-order valence-electron chi connectivity index (χ3n) is 4.67. The van der Waals surface area contributed by atoms with Gasteiger partial charge in [0.2, 0.25) is 5.91 Å². The number of allylic oxidation sites excluding steroid dienone is 1. The summed E-state index contributed by atoms with van der Waals surface area (Å²) in [4.78, 5) is 13.5. The number of carbonyl (C=O) groups is 1. The van der Waals surface area contributed by atoms with E-state index in [2.05, 4.69) is 20.4 Å². The Morgan fingerprint density at radius 3 is 2.42 bits per heavy atom. The van der Waals surface area contributed by atoms with E-state index in [1.165, 1.54) is 18.2 Å². The Hall–Kier alpha value is -2.04. The molecule has 1 aliphatic heterocycles. The molecule has 1 aliphatic rings. The minimum absolute atomic E-state index is 0.0555. The van der Waals surface area contributed by atoms with E-state index >= 15 is 0 Å². The SMILES string of the molecule is C=CC(=O)N1CC[C@H](C(C)(C)/C=C/c2ccc(C(F)(F)F)cc2)C1. The van der Waals surface area contributed by atoms with Gasteiger partial charge in [-0.05, 0) is 41.5 Å². The molecule has 1 heterocycles. The van der Waals surface area contributed by atoms with Gasteiger partial charge in [-0.2, -0.15) is 13.2 Å². The standard InChI is InChI=1S/C19H22F3NO/c1-4-17(24)23-12-10-16(13-23)18(2,3)11-9-14-5-7-15(8-6-14)19(20,21)22/h4-9,11,16H,1,10,12-13H2,2-3H3/b11-9+/t16-/m0/s1. The van der Waals surface area contributed by atoms with Gasteiger partial charge in [-0.3, -0.25) is 4.79 Å². The summed E-state index contributed by atoms with van der Waals surface area (Å²) in [5.41, 5.74) is -0.0693. The summed E-state index contributed by atoms with van der Waals surface area (Å²) in [5.74, 6) is 0.257. The highest BCUT2D eigenvalue weighted by Crippen LogP contribution is 2.36. The van der Waals surface area contributed by atoms with Gasteiger partial charge in [-0.1, -0.05) is 44.7 Å². The van der Waals surface area contributed by atoms with Crippen LogP contribution in [0.5, 0.6) is 0 Å². The summed E-state index contributed by atoms with van der Waals surface area (Å²) in [6.07, 6.45) is 1.78. The third-order valence-corrected chi connectivity index (χ3v) is 4.67. The number of hydrogen-bond acceptors (Lipinski definition) is 1. The maximum Gasteiger partial charge on any atom is 0.416 e. The molecule has 130 valence electrons. The van der Waals surface area contributed by atoms with Gasteiger partial charge in [0.15, 0.2) is 0 Å². The molecule has 0 radical (unpaired) electrons. The first kappa shape index (κ1) is 18.3. The maximum atomic E-state index is 12.6. The fourth-order valence-electron chi connectivity index (χ4n) is 2.93. The third kappa shape index (κ3) is 4.28. The van der Waals surface area contributed by atoms with Gasteiger partial charge in [0, 0.05) is 13.1 Å². The summed E-state index contributed by atoms with van der Waals surface area (Å²) in [6.45, 7) is 9.07. The molecule has 0 spiro atoms. The van der Waals surface area contributed by atoms with Crippen LogP contribution >= 0.6 is 0 Å². The van der Waals surface area contributed by atoms with Gasteiger partial charge in [0.25, 0.3) is 0 Å². The summed E-state index contributed by atoms with van der Waals surface area (Å²) in [5, 5.41) is 0. The van der Waals surface area contributed by atoms with Crippen molar-refractivity contribution >= 4 is 12.0 Å². The lowest BCUT2D eigenvalue weighted by atomic mass is 9.78. The Kier molecular flexibility index (Phi) is 5.21. The normalized spacial score (nSPS) is 19.0. The van der Waals surface area contributed by atoms with E-state index in [1.54, 1.807) is 4.90 Å². The molecule has 0 aromatic heterocycles. The van der Waals surface area contributed by atoms with E-state index in [0.717, 1.165) is 24.1 Å². The van der Waals surface area contributed by atoms with Crippen molar-refractivity contribution in [1.29, 1.82) is 0 Å². The zero-order chi connectivity index (χ0) is 18.0. The Labute approximate surface area is 140 Å². The Morgan fingerprint density at radius 2 is 1.88 bits per heavy atom. The number of carbonyl (C=O) groups excluding carboxylic acids is 1. The Bertz CT molecular complexity index is 629. The van der Waals surface area contributed by atoms with Gasteiger partial charge >= 0.3 is 6.18 Å². The number of hydrogen-bond donors (Lipinski definition) is 0. The molecule has 24 heavy (non-hydrogen) atoms. The molecule has 0 saturated carbocycles. The van der Waals surface area contributed by atoms with Crippen LogP contribution < -0.4 is 0 Å². The highest BCUT2D eigenvalue weighted by atomic mass is 19.4. The van der Waals surface area contributed by atoms with Gasteiger partial charge in [-0.15, -0.1) is 0 Å². The van der Waals surface area contributed by atoms with Crippen LogP contribution in [0.4, 0.5) is 13.2 Å². The first-order valence-electron chi connectivity index (χ1n) is 7.91. The summed E-state index contributed by atoms with van der Waals surface area (Å²) >= 11 is 0. The van der Waals surface area contributed by atoms with Crippen LogP contribution in [0, 0.1) is 11.3 Å². The average molecular weight is 337 g/mol. The van der Waals surface area contributed by atoms with Gasteiger partial charge in [0.1, 0.15) is 0 Å². The van der Waals surface area contributed by atoms with Crippen molar-refractivity contribution in [2.24, 2.45) is 11.3 Å². The van der Waals surface area contributed by atoms with Gasteiger partial charge in [-0.25, -0.2) is 0 Å². The second-order valence-electron chi connectivity index (χ2n) is 6.75. The highest BCUT2D eigenvalue weighted by molar-refractivity contribution is 5.87. The smallest absolute Gasteiger partial charge is 0.339 e. The minimum atomic E-state index is -4.31. The predicted molar refractivity (Wildman–Crippen MR) is 89.1 cm³/mol. The molecule has 1 saturated heterocycles. The van der Waals surface area contributed by atoms with Gasteiger partial charge < -0.3 is 4.90 Å². The molecule has 5 heteroatoms. The summed E-state index contributed by atoms with van der Waals surface area (Å²) in [7, 11) is 0. The molecule has 1 atom stereocenters. The number of amides is 1. The molecule has 1 aromatic carbocycles. The molecule has 0 bridgehead atoms. The molecular formula is C19H22F3NO. The van der Waals surface area contributed by atoms with Crippen molar-refractivity contribution in [1.82, 2.24) is 4.90 Å². The molecular weight excluding hydrogens is 315 g/mol. The number of rotatable bonds is 4. The van der Waals surface area contributed by atoms with Crippen LogP contribution in [0.2, 0.25) is 0 Å². The van der Waals surface area contributed by atoms with Crippen molar-refractivity contribution in [3.63, 3.8) is 0 Å². The fourth-order valence-corrected chi connectivity index (χ4v) is 2.93. The van der Waals surface area contributed by atoms with Crippen LogP contribution in [0.25, 0.3) is 6.08 Å². The van der Waals surface area contributed by atoms with Crippen LogP contribution in [0.1, 0.15) is 31.4 Å². The molecule has 1 amide bonds. The molecule has 1 aromatic rings. The summed E-state index contributed by atoms with van der Waals surface area (Å²) in [6, 6.07) is 5.12. The quantitative estimate of drug-likeness (QED) is 0.724. The summed E-state index contributed by atoms with van der Waals surface area (Å²) < 4.78 is 37.7. The van der Waals surface area contributed by atoms with Crippen molar-refractivity contribution in [2.75, 3.05) is 13.1 Å². The zero-order valence-electron chi connectivity index (χ0n) is 13.9. The molecule has 0 aliphatic carbocycles. The van der Waals surface area contributed by atoms with Crippen molar-refractivity contribution in [2.45, 2.75) is 26.4 Å². The number of halogens is 3. The Balaban J connectivity index is 2.05. The second-order valence-corrected chi connectivity index (χ2v) is 6.75. The van der Waals surface area contributed by atoms with E-state index < -0.39 is 11.7 Å². The van der Waals surface area contributed by atoms with Crippen molar-refractivity contribution < 1.29 is 18.0 Å². The van der Waals surface area contributed by atoms with E-state index in [4.69, 9.17) is 0 Å². The molecule has 2 rings (SSSR count). The van der Waals surface area contributed by atoms with Crippen LogP contribution in [0.3, 0.4) is 0 Å². The molecule has 1 fully saturated rings. The topological polar surface area (TPSA) is 20.3 Å². The number of nitrogens with zero attached hydrogens (tertiary/aromatic N) is 1. The lowest BCUT2D eigenvalue weighted by molar-refractivity contribution is -0.137. The maximum absolute atomic E-state index is 12.6. The van der Waals surface area contributed by atoms with E-state index in [0.29, 0.717) is 19.0 Å². The first-order valence-corrected chi connectivity index (χ1v) is 7.91. The van der Waals surface area contributed by atoms with Crippen LogP contribution in [-0.2, 0) is 11.0 Å². The minimum Gasteiger partial charge on any atom is -0.339 e. The molecule has 0 N–H and O–H groups in total. The average Bonchev–Trinajstić information content (AvgIpc) is 3.03. The van der Waals surface area contributed by atoms with Crippen LogP contribution in [0.15, 0.2) is 43.0 Å². The van der Waals surface area contributed by atoms with Crippen molar-refractivity contribution in [3.8, 4) is 0 Å². The van der Waals surface area contributed by atoms with E-state index in [1.807, 2.05) is 12.2 Å². The predicted octanol–water partition coefficient (Wildman–Crippen LogP) is 4.78. The van der Waals surface area contributed by atoms with Crippen molar-refractivity contribution in [3.05, 3.63) is 54.1 Å².